The number of hydrogen-bond acceptors (Lipinski definition) is 4. The summed E-state index contributed by atoms with van der Waals surface area (Å²) in [7, 11) is 0. The maximum atomic E-state index is 11.4. The lowest BCUT2D eigenvalue weighted by Gasteiger charge is -2.05. The van der Waals surface area contributed by atoms with Gasteiger partial charge in [-0.1, -0.05) is 24.3 Å². The van der Waals surface area contributed by atoms with Gasteiger partial charge in [-0.15, -0.1) is 0 Å². The van der Waals surface area contributed by atoms with Crippen molar-refractivity contribution in [3.63, 3.8) is 0 Å². The molecule has 1 atom stereocenters. The number of benzene rings is 1. The fourth-order valence-electron chi connectivity index (χ4n) is 1.65. The molecule has 6 nitrogen and oxygen atoms in total. The molecule has 1 amide bonds. The molecule has 0 bridgehead atoms. The van der Waals surface area contributed by atoms with Crippen LogP contribution in [-0.2, 0) is 9.59 Å². The molecular weight excluding hydrogens is 274 g/mol. The van der Waals surface area contributed by atoms with Gasteiger partial charge in [0.15, 0.2) is 11.5 Å². The average molecular weight is 289 g/mol. The molecule has 0 saturated heterocycles. The van der Waals surface area contributed by atoms with Gasteiger partial charge in [0.25, 0.3) is 0 Å². The van der Waals surface area contributed by atoms with Crippen LogP contribution in [0.3, 0.4) is 0 Å². The topological polar surface area (TPSA) is 84.9 Å². The first-order valence-electron chi connectivity index (χ1n) is 6.34. The van der Waals surface area contributed by atoms with Crippen molar-refractivity contribution in [3.05, 3.63) is 42.0 Å². The number of aliphatic carboxylic acids is 1. The number of allylic oxidation sites excluding steroid dienone is 2. The van der Waals surface area contributed by atoms with Crippen LogP contribution in [0.5, 0.6) is 11.5 Å². The normalized spacial score (nSPS) is 14.5. The van der Waals surface area contributed by atoms with E-state index in [0.29, 0.717) is 11.5 Å². The molecule has 21 heavy (non-hydrogen) atoms. The molecule has 1 aromatic rings. The molecule has 0 unspecified atom stereocenters. The van der Waals surface area contributed by atoms with Crippen molar-refractivity contribution in [1.82, 2.24) is 5.32 Å². The number of carbonyl (C=O) groups excluding carboxylic acids is 1. The monoisotopic (exact) mass is 289 g/mol. The molecule has 110 valence electrons. The standard InChI is InChI=1S/C15H15NO5/c1-10(15(18)19)16-14(17)5-3-2-4-11-6-7-12-13(8-11)21-9-20-12/h2-8,10H,9H2,1H3,(H,16,17)(H,18,19)/b4-2+,5-3-/t10-/m0/s1. The van der Waals surface area contributed by atoms with Gasteiger partial charge in [-0.2, -0.15) is 0 Å². The number of amides is 1. The van der Waals surface area contributed by atoms with Crippen LogP contribution >= 0.6 is 0 Å². The summed E-state index contributed by atoms with van der Waals surface area (Å²) >= 11 is 0. The van der Waals surface area contributed by atoms with E-state index in [1.54, 1.807) is 12.2 Å². The number of hydrogen-bond donors (Lipinski definition) is 2. The Morgan fingerprint density at radius 1 is 1.29 bits per heavy atom. The molecule has 0 aliphatic carbocycles. The molecule has 1 aliphatic rings. The third-order valence-electron chi connectivity index (χ3n) is 2.77. The number of ether oxygens (including phenoxy) is 2. The Bertz CT molecular complexity index is 606. The van der Waals surface area contributed by atoms with Gasteiger partial charge in [0, 0.05) is 6.08 Å². The first kappa shape index (κ1) is 14.6. The summed E-state index contributed by atoms with van der Waals surface area (Å²) in [6.07, 6.45) is 6.28. The maximum Gasteiger partial charge on any atom is 0.325 e. The minimum absolute atomic E-state index is 0.227. The van der Waals surface area contributed by atoms with Crippen molar-refractivity contribution in [3.8, 4) is 11.5 Å². The van der Waals surface area contributed by atoms with Gasteiger partial charge in [-0.25, -0.2) is 0 Å². The van der Waals surface area contributed by atoms with Crippen LogP contribution in [-0.4, -0.2) is 29.8 Å². The van der Waals surface area contributed by atoms with Crippen molar-refractivity contribution in [1.29, 1.82) is 0 Å². The molecule has 1 aromatic carbocycles. The van der Waals surface area contributed by atoms with Crippen molar-refractivity contribution >= 4 is 18.0 Å². The molecular formula is C15H15NO5. The Balaban J connectivity index is 1.88. The minimum atomic E-state index is -1.08. The molecule has 2 N–H and O–H groups in total. The third kappa shape index (κ3) is 4.10. The van der Waals surface area contributed by atoms with Gasteiger partial charge in [-0.3, -0.25) is 9.59 Å². The van der Waals surface area contributed by atoms with Crippen molar-refractivity contribution in [2.75, 3.05) is 6.79 Å². The van der Waals surface area contributed by atoms with Crippen LogP contribution in [0.2, 0.25) is 0 Å². The second-order valence-electron chi connectivity index (χ2n) is 4.40. The van der Waals surface area contributed by atoms with E-state index in [9.17, 15) is 9.59 Å². The van der Waals surface area contributed by atoms with E-state index >= 15 is 0 Å². The average Bonchev–Trinajstić information content (AvgIpc) is 2.90. The van der Waals surface area contributed by atoms with Gasteiger partial charge in [-0.05, 0) is 24.6 Å². The molecule has 0 saturated carbocycles. The van der Waals surface area contributed by atoms with Gasteiger partial charge in [0.2, 0.25) is 12.7 Å². The predicted octanol–water partition coefficient (Wildman–Crippen LogP) is 1.57. The van der Waals surface area contributed by atoms with E-state index in [0.717, 1.165) is 5.56 Å². The van der Waals surface area contributed by atoms with Crippen LogP contribution in [0.15, 0.2) is 36.4 Å². The van der Waals surface area contributed by atoms with Crippen LogP contribution < -0.4 is 14.8 Å². The Labute approximate surface area is 121 Å². The molecule has 1 aliphatic heterocycles. The van der Waals surface area contributed by atoms with Crippen LogP contribution in [0.4, 0.5) is 0 Å². The minimum Gasteiger partial charge on any atom is -0.480 e. The highest BCUT2D eigenvalue weighted by molar-refractivity contribution is 5.91. The number of rotatable bonds is 5. The molecule has 6 heteroatoms. The molecule has 0 radical (unpaired) electrons. The molecule has 0 fully saturated rings. The summed E-state index contributed by atoms with van der Waals surface area (Å²) in [5.74, 6) is -0.133. The molecule has 2 rings (SSSR count). The smallest absolute Gasteiger partial charge is 0.325 e. The summed E-state index contributed by atoms with van der Waals surface area (Å²) in [5.41, 5.74) is 0.906. The summed E-state index contributed by atoms with van der Waals surface area (Å²) in [5, 5.41) is 11.0. The first-order valence-corrected chi connectivity index (χ1v) is 6.34. The van der Waals surface area contributed by atoms with Crippen molar-refractivity contribution < 1.29 is 24.2 Å². The Hall–Kier alpha value is -2.76. The van der Waals surface area contributed by atoms with Crippen LogP contribution in [0.1, 0.15) is 12.5 Å². The van der Waals surface area contributed by atoms with Crippen LogP contribution in [0, 0.1) is 0 Å². The van der Waals surface area contributed by atoms with E-state index < -0.39 is 17.9 Å². The van der Waals surface area contributed by atoms with Gasteiger partial charge in [0.05, 0.1) is 0 Å². The summed E-state index contributed by atoms with van der Waals surface area (Å²) < 4.78 is 10.5. The lowest BCUT2D eigenvalue weighted by atomic mass is 10.2. The quantitative estimate of drug-likeness (QED) is 0.635. The van der Waals surface area contributed by atoms with Gasteiger partial charge >= 0.3 is 5.97 Å². The second kappa shape index (κ2) is 6.60. The summed E-state index contributed by atoms with van der Waals surface area (Å²) in [4.78, 5) is 22.0. The Morgan fingerprint density at radius 2 is 2.05 bits per heavy atom. The summed E-state index contributed by atoms with van der Waals surface area (Å²) in [6, 6.07) is 4.59. The third-order valence-corrected chi connectivity index (χ3v) is 2.77. The first-order chi connectivity index (χ1) is 10.1. The Morgan fingerprint density at radius 3 is 2.81 bits per heavy atom. The Kier molecular flexibility index (Phi) is 4.61. The number of fused-ring (bicyclic) bond motifs is 1. The zero-order chi connectivity index (χ0) is 15.2. The summed E-state index contributed by atoms with van der Waals surface area (Å²) in [6.45, 7) is 1.63. The number of carboxylic acids is 1. The second-order valence-corrected chi connectivity index (χ2v) is 4.40. The lowest BCUT2D eigenvalue weighted by Crippen LogP contribution is -2.37. The largest absolute Gasteiger partial charge is 0.480 e. The zero-order valence-corrected chi connectivity index (χ0v) is 11.4. The highest BCUT2D eigenvalue weighted by Crippen LogP contribution is 2.32. The highest BCUT2D eigenvalue weighted by Gasteiger charge is 2.12. The number of carbonyl (C=O) groups is 2. The molecule has 0 spiro atoms. The van der Waals surface area contributed by atoms with Crippen LogP contribution in [0.25, 0.3) is 6.08 Å². The van der Waals surface area contributed by atoms with Crippen molar-refractivity contribution in [2.24, 2.45) is 0 Å². The maximum absolute atomic E-state index is 11.4. The van der Waals surface area contributed by atoms with Gasteiger partial charge < -0.3 is 19.9 Å². The SMILES string of the molecule is C[C@H](NC(=O)/C=C\C=C\c1ccc2c(c1)OCO2)C(=O)O. The zero-order valence-electron chi connectivity index (χ0n) is 11.4. The van der Waals surface area contributed by atoms with E-state index in [-0.39, 0.29) is 6.79 Å². The highest BCUT2D eigenvalue weighted by atomic mass is 16.7. The van der Waals surface area contributed by atoms with E-state index in [2.05, 4.69) is 5.32 Å². The van der Waals surface area contributed by atoms with Crippen molar-refractivity contribution in [2.45, 2.75) is 13.0 Å². The fourth-order valence-corrected chi connectivity index (χ4v) is 1.65. The van der Waals surface area contributed by atoms with E-state index in [4.69, 9.17) is 14.6 Å². The predicted molar refractivity (Wildman–Crippen MR) is 76.0 cm³/mol. The molecule has 0 aromatic heterocycles. The number of nitrogens with one attached hydrogen (secondary N) is 1. The van der Waals surface area contributed by atoms with E-state index in [1.807, 2.05) is 18.2 Å². The molecule has 1 heterocycles. The number of carboxylic acid groups (broad SMARTS) is 1. The van der Waals surface area contributed by atoms with E-state index in [1.165, 1.54) is 19.1 Å². The van der Waals surface area contributed by atoms with Gasteiger partial charge in [0.1, 0.15) is 6.04 Å². The lowest BCUT2D eigenvalue weighted by molar-refractivity contribution is -0.140. The fraction of sp³-hybridized carbons (Fsp3) is 0.200.